The summed E-state index contributed by atoms with van der Waals surface area (Å²) in [6.07, 6.45) is 2.75. The van der Waals surface area contributed by atoms with Gasteiger partial charge in [0, 0.05) is 6.54 Å². The number of hydrogen-bond acceptors (Lipinski definition) is 2. The number of hydrogen-bond donors (Lipinski definition) is 0. The molecular weight excluding hydrogens is 331 g/mol. The molecule has 0 unspecified atom stereocenters. The summed E-state index contributed by atoms with van der Waals surface area (Å²) in [6, 6.07) is 6.83. The van der Waals surface area contributed by atoms with E-state index >= 15 is 0 Å². The normalized spacial score (nSPS) is 14.6. The van der Waals surface area contributed by atoms with Gasteiger partial charge in [-0.2, -0.15) is 13.2 Å². The Hall–Kier alpha value is -2.11. The van der Waals surface area contributed by atoms with Crippen LogP contribution in [0.5, 0.6) is 0 Å². The lowest BCUT2D eigenvalue weighted by Gasteiger charge is -2.13. The number of nitrogens with zero attached hydrogens (tertiary/aromatic N) is 1. The van der Waals surface area contributed by atoms with E-state index in [4.69, 9.17) is 0 Å². The minimum atomic E-state index is -4.12. The van der Waals surface area contributed by atoms with E-state index in [1.165, 1.54) is 11.0 Å². The summed E-state index contributed by atoms with van der Waals surface area (Å²) >= 11 is 0. The smallest absolute Gasteiger partial charge is 0.274 e. The standard InChI is InChI=1S/C19H22F3NO2/c20-19(21,22)13-9-5-3-1-2-4-6-10-14-23-17(24)15-11-7-8-12-16(15)18(23)25/h5,7-9,11-12H,1-4,6,10,13-14H2/b9-5+. The fourth-order valence-electron chi connectivity index (χ4n) is 2.84. The topological polar surface area (TPSA) is 37.4 Å². The van der Waals surface area contributed by atoms with Crippen LogP contribution >= 0.6 is 0 Å². The average Bonchev–Trinajstić information content (AvgIpc) is 2.80. The van der Waals surface area contributed by atoms with E-state index in [1.807, 2.05) is 0 Å². The molecule has 0 spiro atoms. The second-order valence-corrected chi connectivity index (χ2v) is 6.15. The number of unbranched alkanes of at least 4 members (excludes halogenated alkanes) is 5. The molecule has 0 saturated carbocycles. The van der Waals surface area contributed by atoms with Crippen molar-refractivity contribution in [2.45, 2.75) is 51.1 Å². The molecule has 0 atom stereocenters. The van der Waals surface area contributed by atoms with Gasteiger partial charge in [-0.3, -0.25) is 14.5 Å². The van der Waals surface area contributed by atoms with Gasteiger partial charge in [-0.15, -0.1) is 0 Å². The molecule has 0 bridgehead atoms. The molecule has 0 aromatic heterocycles. The number of carbonyl (C=O) groups is 2. The summed E-state index contributed by atoms with van der Waals surface area (Å²) in [4.78, 5) is 25.6. The number of halogens is 3. The first kappa shape index (κ1) is 19.2. The minimum Gasteiger partial charge on any atom is -0.274 e. The molecule has 2 amide bonds. The van der Waals surface area contributed by atoms with Crippen molar-refractivity contribution in [1.29, 1.82) is 0 Å². The Kier molecular flexibility index (Phi) is 6.79. The Morgan fingerprint density at radius 1 is 0.840 bits per heavy atom. The second kappa shape index (κ2) is 8.83. The highest BCUT2D eigenvalue weighted by molar-refractivity contribution is 6.21. The Morgan fingerprint density at radius 2 is 1.40 bits per heavy atom. The van der Waals surface area contributed by atoms with E-state index in [1.54, 1.807) is 30.3 Å². The van der Waals surface area contributed by atoms with Crippen LogP contribution in [0.3, 0.4) is 0 Å². The van der Waals surface area contributed by atoms with E-state index in [0.29, 0.717) is 24.1 Å². The summed E-state index contributed by atoms with van der Waals surface area (Å²) in [5.74, 6) is -0.453. The third-order valence-corrected chi connectivity index (χ3v) is 4.15. The van der Waals surface area contributed by atoms with E-state index in [2.05, 4.69) is 0 Å². The molecule has 1 aliphatic rings. The number of allylic oxidation sites excluding steroid dienone is 2. The van der Waals surface area contributed by atoms with E-state index in [-0.39, 0.29) is 11.8 Å². The Bertz CT molecular complexity index is 603. The van der Waals surface area contributed by atoms with E-state index in [9.17, 15) is 22.8 Å². The van der Waals surface area contributed by atoms with Crippen molar-refractivity contribution in [3.63, 3.8) is 0 Å². The van der Waals surface area contributed by atoms with Gasteiger partial charge in [0.2, 0.25) is 0 Å². The zero-order valence-corrected chi connectivity index (χ0v) is 14.0. The Balaban J connectivity index is 1.57. The lowest BCUT2D eigenvalue weighted by Crippen LogP contribution is -2.30. The van der Waals surface area contributed by atoms with Crippen molar-refractivity contribution in [2.75, 3.05) is 6.54 Å². The van der Waals surface area contributed by atoms with Crippen LogP contribution in [0, 0.1) is 0 Å². The molecular formula is C19H22F3NO2. The highest BCUT2D eigenvalue weighted by atomic mass is 19.4. The zero-order chi connectivity index (χ0) is 18.3. The van der Waals surface area contributed by atoms with Gasteiger partial charge in [0.15, 0.2) is 0 Å². The van der Waals surface area contributed by atoms with Gasteiger partial charge in [0.25, 0.3) is 11.8 Å². The average molecular weight is 353 g/mol. The van der Waals surface area contributed by atoms with Crippen LogP contribution in [0.15, 0.2) is 36.4 Å². The zero-order valence-electron chi connectivity index (χ0n) is 14.0. The maximum atomic E-state index is 12.2. The van der Waals surface area contributed by atoms with Crippen LogP contribution in [-0.2, 0) is 0 Å². The van der Waals surface area contributed by atoms with Crippen LogP contribution in [0.4, 0.5) is 13.2 Å². The number of alkyl halides is 3. The first-order valence-electron chi connectivity index (χ1n) is 8.57. The predicted molar refractivity (Wildman–Crippen MR) is 89.3 cm³/mol. The van der Waals surface area contributed by atoms with Crippen LogP contribution < -0.4 is 0 Å². The molecule has 136 valence electrons. The predicted octanol–water partition coefficient (Wildman–Crippen LogP) is 5.13. The molecule has 0 fully saturated rings. The van der Waals surface area contributed by atoms with Crippen LogP contribution in [0.2, 0.25) is 0 Å². The summed E-state index contributed by atoms with van der Waals surface area (Å²) in [5, 5.41) is 0. The molecule has 1 aliphatic heterocycles. The second-order valence-electron chi connectivity index (χ2n) is 6.15. The number of benzene rings is 1. The summed E-state index contributed by atoms with van der Waals surface area (Å²) in [6.45, 7) is 0.415. The first-order chi connectivity index (χ1) is 11.9. The third-order valence-electron chi connectivity index (χ3n) is 4.15. The number of amides is 2. The summed E-state index contributed by atoms with van der Waals surface area (Å²) < 4.78 is 35.8. The molecule has 0 N–H and O–H groups in total. The van der Waals surface area contributed by atoms with Crippen LogP contribution in [-0.4, -0.2) is 29.4 Å². The first-order valence-corrected chi connectivity index (χ1v) is 8.57. The van der Waals surface area contributed by atoms with Crippen LogP contribution in [0.1, 0.15) is 65.7 Å². The summed E-state index contributed by atoms with van der Waals surface area (Å²) in [5.41, 5.74) is 0.941. The number of carbonyl (C=O) groups excluding carboxylic acids is 2. The minimum absolute atomic E-state index is 0.226. The Labute approximate surface area is 145 Å². The molecule has 0 aliphatic carbocycles. The lowest BCUT2D eigenvalue weighted by atomic mass is 10.1. The monoisotopic (exact) mass is 353 g/mol. The van der Waals surface area contributed by atoms with Crippen molar-refractivity contribution >= 4 is 11.8 Å². The maximum absolute atomic E-state index is 12.2. The molecule has 2 rings (SSSR count). The fraction of sp³-hybridized carbons (Fsp3) is 0.474. The molecule has 1 heterocycles. The van der Waals surface area contributed by atoms with Gasteiger partial charge >= 0.3 is 6.18 Å². The van der Waals surface area contributed by atoms with E-state index in [0.717, 1.165) is 32.1 Å². The number of imide groups is 1. The molecule has 1 aromatic rings. The van der Waals surface area contributed by atoms with Crippen molar-refractivity contribution in [3.8, 4) is 0 Å². The Morgan fingerprint density at radius 3 is 2.00 bits per heavy atom. The molecule has 1 aromatic carbocycles. The fourth-order valence-corrected chi connectivity index (χ4v) is 2.84. The van der Waals surface area contributed by atoms with Crippen molar-refractivity contribution < 1.29 is 22.8 Å². The SMILES string of the molecule is O=C1c2ccccc2C(=O)N1CCCCCCC/C=C/CC(F)(F)F. The molecule has 6 heteroatoms. The van der Waals surface area contributed by atoms with Gasteiger partial charge in [0.1, 0.15) is 0 Å². The van der Waals surface area contributed by atoms with Gasteiger partial charge in [-0.05, 0) is 31.4 Å². The van der Waals surface area contributed by atoms with Crippen molar-refractivity contribution in [1.82, 2.24) is 4.90 Å². The molecule has 3 nitrogen and oxygen atoms in total. The van der Waals surface area contributed by atoms with Gasteiger partial charge in [-0.25, -0.2) is 0 Å². The number of fused-ring (bicyclic) bond motifs is 1. The summed E-state index contributed by atoms with van der Waals surface area (Å²) in [7, 11) is 0. The number of rotatable bonds is 9. The molecule has 25 heavy (non-hydrogen) atoms. The van der Waals surface area contributed by atoms with Gasteiger partial charge in [0.05, 0.1) is 17.5 Å². The quantitative estimate of drug-likeness (QED) is 0.350. The third kappa shape index (κ3) is 5.73. The highest BCUT2D eigenvalue weighted by Crippen LogP contribution is 2.23. The van der Waals surface area contributed by atoms with Gasteiger partial charge in [-0.1, -0.05) is 43.5 Å². The molecule has 0 saturated heterocycles. The van der Waals surface area contributed by atoms with Crippen molar-refractivity contribution in [3.05, 3.63) is 47.5 Å². The molecule has 0 radical (unpaired) electrons. The maximum Gasteiger partial charge on any atom is 0.392 e. The lowest BCUT2D eigenvalue weighted by molar-refractivity contribution is -0.125. The van der Waals surface area contributed by atoms with E-state index < -0.39 is 12.6 Å². The van der Waals surface area contributed by atoms with Crippen LogP contribution in [0.25, 0.3) is 0 Å². The van der Waals surface area contributed by atoms with Crippen molar-refractivity contribution in [2.24, 2.45) is 0 Å². The highest BCUT2D eigenvalue weighted by Gasteiger charge is 2.34. The largest absolute Gasteiger partial charge is 0.392 e. The van der Waals surface area contributed by atoms with Gasteiger partial charge < -0.3 is 0 Å².